The molecule has 114 valence electrons. The largest absolute Gasteiger partial charge is 0.325 e. The van der Waals surface area contributed by atoms with Gasteiger partial charge in [-0.1, -0.05) is 0 Å². The fourth-order valence-electron chi connectivity index (χ4n) is 2.49. The van der Waals surface area contributed by atoms with Crippen LogP contribution < -0.4 is 4.90 Å². The van der Waals surface area contributed by atoms with E-state index in [1.807, 2.05) is 0 Å². The molecule has 1 fully saturated rings. The normalized spacial score (nSPS) is 19.6. The number of halogens is 2. The van der Waals surface area contributed by atoms with Gasteiger partial charge >= 0.3 is 0 Å². The maximum Gasteiger partial charge on any atom is 0.252 e. The molecule has 1 aliphatic heterocycles. The molecule has 0 aromatic heterocycles. The second kappa shape index (κ2) is 5.64. The zero-order chi connectivity index (χ0) is 15.8. The van der Waals surface area contributed by atoms with E-state index >= 15 is 0 Å². The van der Waals surface area contributed by atoms with Crippen LogP contribution in [-0.2, 0) is 9.59 Å². The molecule has 0 spiro atoms. The Morgan fingerprint density at radius 1 is 1.29 bits per heavy atom. The Bertz CT molecular complexity index is 557. The van der Waals surface area contributed by atoms with Crippen molar-refractivity contribution in [3.05, 3.63) is 30.1 Å². The lowest BCUT2D eigenvalue weighted by Gasteiger charge is -2.46. The molecule has 0 radical (unpaired) electrons. The molecule has 2 amide bonds. The van der Waals surface area contributed by atoms with Crippen LogP contribution in [0.3, 0.4) is 0 Å². The van der Waals surface area contributed by atoms with Crippen LogP contribution in [0, 0.1) is 5.82 Å². The summed E-state index contributed by atoms with van der Waals surface area (Å²) in [5.41, 5.74) is -0.354. The van der Waals surface area contributed by atoms with E-state index in [4.69, 9.17) is 11.6 Å². The van der Waals surface area contributed by atoms with E-state index in [2.05, 4.69) is 0 Å². The molecule has 6 heteroatoms. The van der Waals surface area contributed by atoms with Crippen LogP contribution in [0.5, 0.6) is 0 Å². The van der Waals surface area contributed by atoms with Crippen molar-refractivity contribution in [2.75, 3.05) is 18.0 Å². The fourth-order valence-corrected chi connectivity index (χ4v) is 2.61. The van der Waals surface area contributed by atoms with Crippen molar-refractivity contribution in [2.24, 2.45) is 0 Å². The number of amides is 2. The fraction of sp³-hybridized carbons (Fsp3) is 0.467. The molecule has 1 saturated heterocycles. The van der Waals surface area contributed by atoms with E-state index in [-0.39, 0.29) is 17.6 Å². The Balaban J connectivity index is 2.27. The first kappa shape index (κ1) is 15.8. The highest BCUT2D eigenvalue weighted by molar-refractivity contribution is 6.30. The van der Waals surface area contributed by atoms with Crippen LogP contribution in [0.1, 0.15) is 20.8 Å². The Kier molecular flexibility index (Phi) is 4.23. The monoisotopic (exact) mass is 312 g/mol. The number of nitrogens with zero attached hydrogens (tertiary/aromatic N) is 2. The van der Waals surface area contributed by atoms with E-state index < -0.39 is 10.9 Å². The molecule has 1 atom stereocenters. The molecule has 1 aliphatic rings. The number of piperazine rings is 1. The molecule has 0 aliphatic carbocycles. The van der Waals surface area contributed by atoms with Gasteiger partial charge in [0.1, 0.15) is 16.7 Å². The van der Waals surface area contributed by atoms with E-state index in [1.165, 1.54) is 17.0 Å². The maximum absolute atomic E-state index is 13.0. The summed E-state index contributed by atoms with van der Waals surface area (Å²) >= 11 is 5.85. The molecule has 4 nitrogen and oxygen atoms in total. The van der Waals surface area contributed by atoms with E-state index in [0.29, 0.717) is 18.8 Å². The minimum absolute atomic E-state index is 0.203. The van der Waals surface area contributed by atoms with Crippen molar-refractivity contribution in [3.8, 4) is 0 Å². The van der Waals surface area contributed by atoms with Gasteiger partial charge in [0.05, 0.1) is 0 Å². The summed E-state index contributed by atoms with van der Waals surface area (Å²) in [6.07, 6.45) is 0. The third-order valence-electron chi connectivity index (χ3n) is 3.74. The van der Waals surface area contributed by atoms with Gasteiger partial charge < -0.3 is 9.80 Å². The summed E-state index contributed by atoms with van der Waals surface area (Å²) < 4.78 is 13.0. The second-order valence-corrected chi connectivity index (χ2v) is 6.25. The molecule has 0 bridgehead atoms. The number of hydrogen-bond donors (Lipinski definition) is 0. The van der Waals surface area contributed by atoms with E-state index in [9.17, 15) is 14.0 Å². The highest BCUT2D eigenvalue weighted by Crippen LogP contribution is 2.28. The third kappa shape index (κ3) is 2.88. The minimum atomic E-state index is -0.979. The number of carbonyl (C=O) groups excluding carboxylic acids is 2. The van der Waals surface area contributed by atoms with Gasteiger partial charge in [0.25, 0.3) is 5.91 Å². The quantitative estimate of drug-likeness (QED) is 0.787. The molecule has 1 aromatic rings. The highest BCUT2D eigenvalue weighted by Gasteiger charge is 2.45. The summed E-state index contributed by atoms with van der Waals surface area (Å²) in [5, 5.41) is -0.672. The third-order valence-corrected chi connectivity index (χ3v) is 3.92. The summed E-state index contributed by atoms with van der Waals surface area (Å²) in [6.45, 7) is 5.75. The van der Waals surface area contributed by atoms with Crippen molar-refractivity contribution in [1.82, 2.24) is 4.90 Å². The maximum atomic E-state index is 13.0. The molecular weight excluding hydrogens is 295 g/mol. The van der Waals surface area contributed by atoms with Gasteiger partial charge in [0, 0.05) is 18.8 Å². The standard InChI is InChI=1S/C15H18ClFN2O2/c1-10(16)13(20)19-9-8-18(14(21)15(19,2)3)12-6-4-11(17)5-7-12/h4-7,10H,8-9H2,1-3H3. The summed E-state index contributed by atoms with van der Waals surface area (Å²) in [7, 11) is 0. The Morgan fingerprint density at radius 3 is 2.38 bits per heavy atom. The molecule has 0 N–H and O–H groups in total. The summed E-state index contributed by atoms with van der Waals surface area (Å²) in [5.74, 6) is -0.810. The van der Waals surface area contributed by atoms with E-state index in [0.717, 1.165) is 0 Å². The summed E-state index contributed by atoms with van der Waals surface area (Å²) in [6, 6.07) is 5.75. The van der Waals surface area contributed by atoms with Crippen LogP contribution >= 0.6 is 11.6 Å². The average Bonchev–Trinajstić information content (AvgIpc) is 2.42. The lowest BCUT2D eigenvalue weighted by atomic mass is 9.96. The van der Waals surface area contributed by atoms with Crippen molar-refractivity contribution in [1.29, 1.82) is 0 Å². The second-order valence-electron chi connectivity index (χ2n) is 5.60. The molecule has 2 rings (SSSR count). The van der Waals surface area contributed by atoms with Crippen LogP contribution in [0.15, 0.2) is 24.3 Å². The first-order valence-corrected chi connectivity index (χ1v) is 7.22. The van der Waals surface area contributed by atoms with Crippen LogP contribution in [0.25, 0.3) is 0 Å². The van der Waals surface area contributed by atoms with Crippen LogP contribution in [-0.4, -0.2) is 40.7 Å². The van der Waals surface area contributed by atoms with Crippen molar-refractivity contribution < 1.29 is 14.0 Å². The highest BCUT2D eigenvalue weighted by atomic mass is 35.5. The number of hydrogen-bond acceptors (Lipinski definition) is 2. The number of alkyl halides is 1. The van der Waals surface area contributed by atoms with Crippen molar-refractivity contribution >= 4 is 29.1 Å². The lowest BCUT2D eigenvalue weighted by Crippen LogP contribution is -2.65. The molecule has 1 aromatic carbocycles. The Morgan fingerprint density at radius 2 is 1.86 bits per heavy atom. The predicted octanol–water partition coefficient (Wildman–Crippen LogP) is 2.41. The van der Waals surface area contributed by atoms with Gasteiger partial charge in [-0.3, -0.25) is 9.59 Å². The van der Waals surface area contributed by atoms with E-state index in [1.54, 1.807) is 37.8 Å². The molecule has 0 saturated carbocycles. The van der Waals surface area contributed by atoms with Gasteiger partial charge in [0.15, 0.2) is 0 Å². The number of rotatable bonds is 2. The van der Waals surface area contributed by atoms with Crippen LogP contribution in [0.2, 0.25) is 0 Å². The SMILES string of the molecule is CC(Cl)C(=O)N1CCN(c2ccc(F)cc2)C(=O)C1(C)C. The number of anilines is 1. The molecule has 1 heterocycles. The molecular formula is C15H18ClFN2O2. The number of benzene rings is 1. The Labute approximate surface area is 128 Å². The van der Waals surface area contributed by atoms with Crippen LogP contribution in [0.4, 0.5) is 10.1 Å². The Hall–Kier alpha value is -1.62. The number of carbonyl (C=O) groups is 2. The predicted molar refractivity (Wildman–Crippen MR) is 79.9 cm³/mol. The average molecular weight is 313 g/mol. The summed E-state index contributed by atoms with van der Waals surface area (Å²) in [4.78, 5) is 27.9. The first-order valence-electron chi connectivity index (χ1n) is 6.78. The van der Waals surface area contributed by atoms with Gasteiger partial charge in [-0.15, -0.1) is 11.6 Å². The zero-order valence-electron chi connectivity index (χ0n) is 12.3. The van der Waals surface area contributed by atoms with Crippen molar-refractivity contribution in [2.45, 2.75) is 31.7 Å². The van der Waals surface area contributed by atoms with Gasteiger partial charge in [0.2, 0.25) is 5.91 Å². The molecule has 21 heavy (non-hydrogen) atoms. The van der Waals surface area contributed by atoms with Crippen molar-refractivity contribution in [3.63, 3.8) is 0 Å². The zero-order valence-corrected chi connectivity index (χ0v) is 13.0. The van der Waals surface area contributed by atoms with Gasteiger partial charge in [-0.05, 0) is 45.0 Å². The smallest absolute Gasteiger partial charge is 0.252 e. The topological polar surface area (TPSA) is 40.6 Å². The van der Waals surface area contributed by atoms with Gasteiger partial charge in [-0.2, -0.15) is 0 Å². The van der Waals surface area contributed by atoms with Gasteiger partial charge in [-0.25, -0.2) is 4.39 Å². The first-order chi connectivity index (χ1) is 9.75. The molecule has 1 unspecified atom stereocenters. The lowest BCUT2D eigenvalue weighted by molar-refractivity contribution is -0.146. The minimum Gasteiger partial charge on any atom is -0.325 e.